The second-order valence-electron chi connectivity index (χ2n) is 4.91. The maximum absolute atomic E-state index is 12.0. The number of amides is 3. The first-order valence-corrected chi connectivity index (χ1v) is 8.41. The highest BCUT2D eigenvalue weighted by Crippen LogP contribution is 2.28. The molecule has 1 atom stereocenters. The van der Waals surface area contributed by atoms with Gasteiger partial charge in [0.15, 0.2) is 5.16 Å². The van der Waals surface area contributed by atoms with Gasteiger partial charge in [-0.15, -0.1) is 11.3 Å². The SMILES string of the molecule is CC(C)NC(=O)NC(=O)[C@H](C)Sc1nc(N)c2ccsc2n1. The normalized spacial score (nSPS) is 12.4. The van der Waals surface area contributed by atoms with Crippen molar-refractivity contribution >= 4 is 51.1 Å². The van der Waals surface area contributed by atoms with Gasteiger partial charge in [-0.2, -0.15) is 0 Å². The first kappa shape index (κ1) is 16.5. The van der Waals surface area contributed by atoms with Crippen molar-refractivity contribution in [3.8, 4) is 0 Å². The summed E-state index contributed by atoms with van der Waals surface area (Å²) in [7, 11) is 0. The number of thiophene rings is 1. The van der Waals surface area contributed by atoms with Crippen molar-refractivity contribution in [3.05, 3.63) is 11.4 Å². The summed E-state index contributed by atoms with van der Waals surface area (Å²) in [4.78, 5) is 32.8. The third-order valence-corrected chi connectivity index (χ3v) is 4.41. The molecular weight excluding hydrogens is 322 g/mol. The minimum Gasteiger partial charge on any atom is -0.383 e. The Hall–Kier alpha value is -1.87. The van der Waals surface area contributed by atoms with Gasteiger partial charge >= 0.3 is 6.03 Å². The molecule has 2 heterocycles. The maximum atomic E-state index is 12.0. The molecule has 0 unspecified atom stereocenters. The second kappa shape index (κ2) is 6.93. The van der Waals surface area contributed by atoms with Crippen LogP contribution in [0.1, 0.15) is 20.8 Å². The van der Waals surface area contributed by atoms with E-state index in [1.54, 1.807) is 6.92 Å². The van der Waals surface area contributed by atoms with Gasteiger partial charge < -0.3 is 11.1 Å². The van der Waals surface area contributed by atoms with Crippen LogP contribution in [-0.4, -0.2) is 33.2 Å². The molecule has 0 aliphatic heterocycles. The fraction of sp³-hybridized carbons (Fsp3) is 0.385. The predicted molar refractivity (Wildman–Crippen MR) is 89.0 cm³/mol. The average molecular weight is 339 g/mol. The minimum absolute atomic E-state index is 0.0415. The number of nitrogens with two attached hydrogens (primary N) is 1. The number of rotatable bonds is 4. The molecule has 0 spiro atoms. The molecule has 2 aromatic heterocycles. The Morgan fingerprint density at radius 1 is 1.32 bits per heavy atom. The van der Waals surface area contributed by atoms with Gasteiger partial charge in [0.1, 0.15) is 10.6 Å². The second-order valence-corrected chi connectivity index (χ2v) is 7.11. The summed E-state index contributed by atoms with van der Waals surface area (Å²) in [6, 6.07) is 1.30. The predicted octanol–water partition coefficient (Wildman–Crippen LogP) is 1.99. The molecule has 2 aromatic rings. The number of aromatic nitrogens is 2. The Bertz CT molecular complexity index is 701. The van der Waals surface area contributed by atoms with Crippen molar-refractivity contribution in [3.63, 3.8) is 0 Å². The van der Waals surface area contributed by atoms with Gasteiger partial charge in [0, 0.05) is 6.04 Å². The smallest absolute Gasteiger partial charge is 0.321 e. The average Bonchev–Trinajstić information content (AvgIpc) is 2.86. The van der Waals surface area contributed by atoms with E-state index in [0.717, 1.165) is 22.0 Å². The van der Waals surface area contributed by atoms with Crippen LogP contribution >= 0.6 is 23.1 Å². The summed E-state index contributed by atoms with van der Waals surface area (Å²) in [5.41, 5.74) is 5.87. The largest absolute Gasteiger partial charge is 0.383 e. The van der Waals surface area contributed by atoms with E-state index in [9.17, 15) is 9.59 Å². The molecule has 22 heavy (non-hydrogen) atoms. The minimum atomic E-state index is -0.519. The van der Waals surface area contributed by atoms with Crippen LogP contribution in [-0.2, 0) is 4.79 Å². The number of nitrogens with one attached hydrogen (secondary N) is 2. The lowest BCUT2D eigenvalue weighted by molar-refractivity contribution is -0.119. The van der Waals surface area contributed by atoms with Crippen molar-refractivity contribution in [1.82, 2.24) is 20.6 Å². The first-order valence-electron chi connectivity index (χ1n) is 6.65. The Kier molecular flexibility index (Phi) is 5.19. The van der Waals surface area contributed by atoms with Gasteiger partial charge in [-0.3, -0.25) is 10.1 Å². The number of thioether (sulfide) groups is 1. The number of hydrogen-bond donors (Lipinski definition) is 3. The van der Waals surface area contributed by atoms with Crippen LogP contribution in [0.2, 0.25) is 0 Å². The van der Waals surface area contributed by atoms with Gasteiger partial charge in [0.2, 0.25) is 5.91 Å². The Morgan fingerprint density at radius 3 is 2.73 bits per heavy atom. The molecule has 0 fully saturated rings. The Balaban J connectivity index is 2.02. The molecule has 4 N–H and O–H groups in total. The molecule has 0 saturated heterocycles. The molecule has 7 nitrogen and oxygen atoms in total. The number of imide groups is 1. The van der Waals surface area contributed by atoms with Crippen LogP contribution in [0, 0.1) is 0 Å². The van der Waals surface area contributed by atoms with Gasteiger partial charge in [-0.25, -0.2) is 14.8 Å². The molecule has 0 radical (unpaired) electrons. The highest BCUT2D eigenvalue weighted by Gasteiger charge is 2.19. The van der Waals surface area contributed by atoms with Gasteiger partial charge in [0.05, 0.1) is 10.6 Å². The number of fused-ring (bicyclic) bond motifs is 1. The summed E-state index contributed by atoms with van der Waals surface area (Å²) in [5, 5.41) is 7.47. The molecular formula is C13H17N5O2S2. The van der Waals surface area contributed by atoms with E-state index >= 15 is 0 Å². The first-order chi connectivity index (χ1) is 10.4. The number of hydrogen-bond acceptors (Lipinski definition) is 7. The van der Waals surface area contributed by atoms with E-state index in [1.165, 1.54) is 11.3 Å². The molecule has 2 rings (SSSR count). The molecule has 3 amide bonds. The molecule has 0 aliphatic rings. The van der Waals surface area contributed by atoms with E-state index in [1.807, 2.05) is 25.3 Å². The maximum Gasteiger partial charge on any atom is 0.321 e. The van der Waals surface area contributed by atoms with Crippen molar-refractivity contribution in [2.75, 3.05) is 5.73 Å². The molecule has 0 aromatic carbocycles. The highest BCUT2D eigenvalue weighted by molar-refractivity contribution is 8.00. The summed E-state index contributed by atoms with van der Waals surface area (Å²) in [5.74, 6) is -0.0180. The lowest BCUT2D eigenvalue weighted by Gasteiger charge is -2.12. The molecule has 0 bridgehead atoms. The zero-order valence-corrected chi connectivity index (χ0v) is 14.0. The highest BCUT2D eigenvalue weighted by atomic mass is 32.2. The summed E-state index contributed by atoms with van der Waals surface area (Å²) < 4.78 is 0. The number of anilines is 1. The number of nitrogen functional groups attached to an aromatic ring is 1. The van der Waals surface area contributed by atoms with Crippen molar-refractivity contribution in [2.45, 2.75) is 37.2 Å². The monoisotopic (exact) mass is 339 g/mol. The van der Waals surface area contributed by atoms with E-state index in [2.05, 4.69) is 20.6 Å². The fourth-order valence-electron chi connectivity index (χ4n) is 1.63. The van der Waals surface area contributed by atoms with Crippen LogP contribution < -0.4 is 16.4 Å². The van der Waals surface area contributed by atoms with Gasteiger partial charge in [-0.05, 0) is 32.2 Å². The van der Waals surface area contributed by atoms with E-state index < -0.39 is 17.2 Å². The Morgan fingerprint density at radius 2 is 2.05 bits per heavy atom. The van der Waals surface area contributed by atoms with Crippen LogP contribution in [0.15, 0.2) is 16.6 Å². The molecule has 0 aliphatic carbocycles. The third-order valence-electron chi connectivity index (χ3n) is 2.64. The van der Waals surface area contributed by atoms with Crippen LogP contribution in [0.3, 0.4) is 0 Å². The zero-order chi connectivity index (χ0) is 16.3. The number of carbonyl (C=O) groups excluding carboxylic acids is 2. The number of urea groups is 1. The van der Waals surface area contributed by atoms with Gasteiger partial charge in [-0.1, -0.05) is 11.8 Å². The quantitative estimate of drug-likeness (QED) is 0.580. The fourth-order valence-corrected chi connectivity index (χ4v) is 3.24. The summed E-state index contributed by atoms with van der Waals surface area (Å²) in [6.07, 6.45) is 0. The lowest BCUT2D eigenvalue weighted by atomic mass is 10.4. The van der Waals surface area contributed by atoms with Crippen LogP contribution in [0.5, 0.6) is 0 Å². The van der Waals surface area contributed by atoms with E-state index in [0.29, 0.717) is 11.0 Å². The third kappa shape index (κ3) is 4.08. The topological polar surface area (TPSA) is 110 Å². The lowest BCUT2D eigenvalue weighted by Crippen LogP contribution is -2.45. The Labute approximate surface area is 136 Å². The van der Waals surface area contributed by atoms with Crippen molar-refractivity contribution in [2.24, 2.45) is 0 Å². The molecule has 0 saturated carbocycles. The van der Waals surface area contributed by atoms with E-state index in [4.69, 9.17) is 5.73 Å². The summed E-state index contributed by atoms with van der Waals surface area (Å²) >= 11 is 2.62. The zero-order valence-electron chi connectivity index (χ0n) is 12.4. The number of nitrogens with zero attached hydrogens (tertiary/aromatic N) is 2. The molecule has 118 valence electrons. The van der Waals surface area contributed by atoms with E-state index in [-0.39, 0.29) is 6.04 Å². The standard InChI is InChI=1S/C13H17N5O2S2/c1-6(2)15-12(20)17-10(19)7(3)22-13-16-9(14)8-4-5-21-11(8)18-13/h4-7H,1-3H3,(H2,14,16,18)(H2,15,17,19,20)/t7-/m0/s1. The van der Waals surface area contributed by atoms with Crippen LogP contribution in [0.4, 0.5) is 10.6 Å². The molecule has 9 heteroatoms. The number of carbonyl (C=O) groups is 2. The van der Waals surface area contributed by atoms with Gasteiger partial charge in [0.25, 0.3) is 0 Å². The van der Waals surface area contributed by atoms with Crippen molar-refractivity contribution in [1.29, 1.82) is 0 Å². The summed E-state index contributed by atoms with van der Waals surface area (Å²) in [6.45, 7) is 5.31. The van der Waals surface area contributed by atoms with Crippen molar-refractivity contribution < 1.29 is 9.59 Å². The van der Waals surface area contributed by atoms with Crippen LogP contribution in [0.25, 0.3) is 10.2 Å².